The van der Waals surface area contributed by atoms with Gasteiger partial charge in [-0.15, -0.1) is 0 Å². The van der Waals surface area contributed by atoms with Crippen LogP contribution >= 0.6 is 0 Å². The molecule has 2 aromatic carbocycles. The molecule has 116 valence electrons. The quantitative estimate of drug-likeness (QED) is 0.731. The lowest BCUT2D eigenvalue weighted by atomic mass is 9.97. The van der Waals surface area contributed by atoms with Crippen LogP contribution in [0, 0.1) is 0 Å². The van der Waals surface area contributed by atoms with Crippen molar-refractivity contribution in [3.63, 3.8) is 0 Å². The number of allylic oxidation sites excluding steroid dienone is 4. The molecule has 0 saturated carbocycles. The second-order valence-corrected chi connectivity index (χ2v) is 5.50. The Kier molecular flexibility index (Phi) is 5.05. The third kappa shape index (κ3) is 3.98. The van der Waals surface area contributed by atoms with Crippen molar-refractivity contribution >= 4 is 5.71 Å². The summed E-state index contributed by atoms with van der Waals surface area (Å²) < 4.78 is 5.92. The SMILES string of the molecule is C/C=C/C=C/C1=NCCc2cc(OCc3ccccc3)ccc21. The second kappa shape index (κ2) is 7.59. The molecule has 23 heavy (non-hydrogen) atoms. The first-order valence-electron chi connectivity index (χ1n) is 8.00. The molecule has 0 spiro atoms. The predicted octanol–water partition coefficient (Wildman–Crippen LogP) is 4.74. The summed E-state index contributed by atoms with van der Waals surface area (Å²) >= 11 is 0. The van der Waals surface area contributed by atoms with Crippen molar-refractivity contribution in [3.05, 3.63) is 89.5 Å². The molecule has 0 aliphatic carbocycles. The maximum absolute atomic E-state index is 5.92. The smallest absolute Gasteiger partial charge is 0.120 e. The minimum atomic E-state index is 0.599. The molecule has 0 aromatic heterocycles. The molecule has 0 amide bonds. The van der Waals surface area contributed by atoms with Crippen molar-refractivity contribution in [3.8, 4) is 5.75 Å². The number of rotatable bonds is 5. The summed E-state index contributed by atoms with van der Waals surface area (Å²) in [6.45, 7) is 3.45. The van der Waals surface area contributed by atoms with Gasteiger partial charge in [-0.1, -0.05) is 48.6 Å². The van der Waals surface area contributed by atoms with Crippen LogP contribution in [0.5, 0.6) is 5.75 Å². The van der Waals surface area contributed by atoms with Gasteiger partial charge >= 0.3 is 0 Å². The summed E-state index contributed by atoms with van der Waals surface area (Å²) in [5, 5.41) is 0. The summed E-state index contributed by atoms with van der Waals surface area (Å²) in [4.78, 5) is 4.62. The minimum absolute atomic E-state index is 0.599. The van der Waals surface area contributed by atoms with Gasteiger partial charge in [-0.2, -0.15) is 0 Å². The molecule has 0 bridgehead atoms. The van der Waals surface area contributed by atoms with Gasteiger partial charge < -0.3 is 4.74 Å². The first-order valence-corrected chi connectivity index (χ1v) is 8.00. The largest absolute Gasteiger partial charge is 0.489 e. The van der Waals surface area contributed by atoms with Crippen LogP contribution in [0.1, 0.15) is 23.6 Å². The summed E-state index contributed by atoms with van der Waals surface area (Å²) in [6, 6.07) is 16.5. The maximum Gasteiger partial charge on any atom is 0.120 e. The Morgan fingerprint density at radius 2 is 1.96 bits per heavy atom. The number of hydrogen-bond donors (Lipinski definition) is 0. The Morgan fingerprint density at radius 3 is 2.78 bits per heavy atom. The van der Waals surface area contributed by atoms with E-state index in [9.17, 15) is 0 Å². The average Bonchev–Trinajstić information content (AvgIpc) is 2.61. The fourth-order valence-electron chi connectivity index (χ4n) is 2.64. The fraction of sp³-hybridized carbons (Fsp3) is 0.190. The van der Waals surface area contributed by atoms with Gasteiger partial charge in [-0.3, -0.25) is 4.99 Å². The van der Waals surface area contributed by atoms with E-state index in [2.05, 4.69) is 35.3 Å². The molecular weight excluding hydrogens is 282 g/mol. The van der Waals surface area contributed by atoms with Crippen molar-refractivity contribution in [2.45, 2.75) is 20.0 Å². The zero-order valence-electron chi connectivity index (χ0n) is 13.4. The number of ether oxygens (including phenoxy) is 1. The highest BCUT2D eigenvalue weighted by Gasteiger charge is 2.12. The molecule has 1 aliphatic rings. The van der Waals surface area contributed by atoms with Crippen molar-refractivity contribution < 1.29 is 4.74 Å². The van der Waals surface area contributed by atoms with Crippen molar-refractivity contribution in [2.75, 3.05) is 6.54 Å². The Hall–Kier alpha value is -2.61. The molecule has 1 heterocycles. The van der Waals surface area contributed by atoms with E-state index in [-0.39, 0.29) is 0 Å². The zero-order valence-corrected chi connectivity index (χ0v) is 13.4. The Balaban J connectivity index is 1.73. The highest BCUT2D eigenvalue weighted by molar-refractivity contribution is 6.10. The summed E-state index contributed by atoms with van der Waals surface area (Å²) in [5.74, 6) is 0.922. The molecule has 2 aromatic rings. The Labute approximate surface area is 137 Å². The lowest BCUT2D eigenvalue weighted by molar-refractivity contribution is 0.306. The van der Waals surface area contributed by atoms with Crippen LogP contribution in [0.25, 0.3) is 0 Å². The predicted molar refractivity (Wildman–Crippen MR) is 96.3 cm³/mol. The second-order valence-electron chi connectivity index (χ2n) is 5.50. The normalized spacial score (nSPS) is 14.0. The minimum Gasteiger partial charge on any atom is -0.489 e. The van der Waals surface area contributed by atoms with Gasteiger partial charge in [0.15, 0.2) is 0 Å². The Bertz CT molecular complexity index is 742. The van der Waals surface area contributed by atoms with Crippen LogP contribution in [0.15, 0.2) is 77.8 Å². The van der Waals surface area contributed by atoms with Gasteiger partial charge in [-0.05, 0) is 48.7 Å². The maximum atomic E-state index is 5.92. The van der Waals surface area contributed by atoms with E-state index in [1.54, 1.807) is 0 Å². The van der Waals surface area contributed by atoms with Gasteiger partial charge in [0.1, 0.15) is 12.4 Å². The Morgan fingerprint density at radius 1 is 1.09 bits per heavy atom. The van der Waals surface area contributed by atoms with Crippen LogP contribution in [-0.4, -0.2) is 12.3 Å². The van der Waals surface area contributed by atoms with E-state index in [0.717, 1.165) is 24.4 Å². The first-order chi connectivity index (χ1) is 11.4. The molecule has 1 aliphatic heterocycles. The van der Waals surface area contributed by atoms with Gasteiger partial charge in [0.25, 0.3) is 0 Å². The van der Waals surface area contributed by atoms with E-state index in [4.69, 9.17) is 4.74 Å². The molecule has 0 atom stereocenters. The number of hydrogen-bond acceptors (Lipinski definition) is 2. The van der Waals surface area contributed by atoms with E-state index < -0.39 is 0 Å². The highest BCUT2D eigenvalue weighted by atomic mass is 16.5. The third-order valence-electron chi connectivity index (χ3n) is 3.82. The number of nitrogens with zero attached hydrogens (tertiary/aromatic N) is 1. The molecule has 2 nitrogen and oxygen atoms in total. The number of fused-ring (bicyclic) bond motifs is 1. The third-order valence-corrected chi connectivity index (χ3v) is 3.82. The van der Waals surface area contributed by atoms with Crippen molar-refractivity contribution in [2.24, 2.45) is 4.99 Å². The van der Waals surface area contributed by atoms with Crippen LogP contribution in [-0.2, 0) is 13.0 Å². The van der Waals surface area contributed by atoms with E-state index in [1.807, 2.05) is 49.4 Å². The molecule has 0 N–H and O–H groups in total. The van der Waals surface area contributed by atoms with Crippen LogP contribution < -0.4 is 4.74 Å². The zero-order chi connectivity index (χ0) is 15.9. The standard InChI is InChI=1S/C21H21NO/c1-2-3-5-10-21-20-12-11-19(15-18(20)13-14-22-21)23-16-17-8-6-4-7-9-17/h2-12,15H,13-14,16H2,1H3/b3-2+,10-5+. The molecule has 0 radical (unpaired) electrons. The molecular formula is C21H21NO. The van der Waals surface area contributed by atoms with Gasteiger partial charge in [0.05, 0.1) is 5.71 Å². The first kappa shape index (κ1) is 15.3. The van der Waals surface area contributed by atoms with E-state index in [1.165, 1.54) is 16.7 Å². The molecule has 0 fully saturated rings. The fourth-order valence-corrected chi connectivity index (χ4v) is 2.64. The van der Waals surface area contributed by atoms with Gasteiger partial charge in [0.2, 0.25) is 0 Å². The van der Waals surface area contributed by atoms with Crippen LogP contribution in [0.2, 0.25) is 0 Å². The monoisotopic (exact) mass is 303 g/mol. The van der Waals surface area contributed by atoms with Gasteiger partial charge in [-0.25, -0.2) is 0 Å². The summed E-state index contributed by atoms with van der Waals surface area (Å²) in [7, 11) is 0. The summed E-state index contributed by atoms with van der Waals surface area (Å²) in [5.41, 5.74) is 4.76. The molecule has 2 heteroatoms. The van der Waals surface area contributed by atoms with E-state index in [0.29, 0.717) is 6.61 Å². The van der Waals surface area contributed by atoms with Crippen LogP contribution in [0.4, 0.5) is 0 Å². The highest BCUT2D eigenvalue weighted by Crippen LogP contribution is 2.23. The van der Waals surface area contributed by atoms with Gasteiger partial charge in [0, 0.05) is 12.1 Å². The summed E-state index contributed by atoms with van der Waals surface area (Å²) in [6.07, 6.45) is 9.12. The number of benzene rings is 2. The topological polar surface area (TPSA) is 21.6 Å². The van der Waals surface area contributed by atoms with Crippen LogP contribution in [0.3, 0.4) is 0 Å². The van der Waals surface area contributed by atoms with Crippen molar-refractivity contribution in [1.29, 1.82) is 0 Å². The lowest BCUT2D eigenvalue weighted by Crippen LogP contribution is -2.11. The number of aliphatic imine (C=N–C) groups is 1. The van der Waals surface area contributed by atoms with E-state index >= 15 is 0 Å². The lowest BCUT2D eigenvalue weighted by Gasteiger charge is -2.16. The molecule has 3 rings (SSSR count). The molecule has 0 unspecified atom stereocenters. The average molecular weight is 303 g/mol. The molecule has 0 saturated heterocycles. The van der Waals surface area contributed by atoms with Crippen molar-refractivity contribution in [1.82, 2.24) is 0 Å².